The molecule has 0 aromatic heterocycles. The van der Waals surface area contributed by atoms with E-state index in [0.717, 1.165) is 29.5 Å². The number of amides is 1. The smallest absolute Gasteiger partial charge is 0.223 e. The Labute approximate surface area is 135 Å². The predicted octanol–water partition coefficient (Wildman–Crippen LogP) is 3.13. The van der Waals surface area contributed by atoms with Crippen LogP contribution in [0.2, 0.25) is 0 Å². The number of rotatable bonds is 10. The highest BCUT2D eigenvalue weighted by molar-refractivity contribution is 9.10. The third-order valence-electron chi connectivity index (χ3n) is 3.23. The number of ether oxygens (including phenoxy) is 1. The Morgan fingerprint density at radius 1 is 1.33 bits per heavy atom. The van der Waals surface area contributed by atoms with Crippen LogP contribution in [0.3, 0.4) is 0 Å². The van der Waals surface area contributed by atoms with E-state index >= 15 is 0 Å². The normalized spacial score (nSPS) is 12.0. The Morgan fingerprint density at radius 2 is 2.05 bits per heavy atom. The quantitative estimate of drug-likeness (QED) is 0.676. The van der Waals surface area contributed by atoms with Gasteiger partial charge in [0.15, 0.2) is 0 Å². The first-order valence-electron chi connectivity index (χ1n) is 7.41. The van der Waals surface area contributed by atoms with E-state index in [-0.39, 0.29) is 12.5 Å². The van der Waals surface area contributed by atoms with Crippen molar-refractivity contribution in [3.05, 3.63) is 28.7 Å². The second-order valence-electron chi connectivity index (χ2n) is 5.02. The van der Waals surface area contributed by atoms with Crippen LogP contribution in [0, 0.1) is 5.92 Å². The molecular weight excluding hydrogens is 334 g/mol. The van der Waals surface area contributed by atoms with Crippen molar-refractivity contribution in [1.29, 1.82) is 0 Å². The van der Waals surface area contributed by atoms with Crippen LogP contribution >= 0.6 is 15.9 Å². The van der Waals surface area contributed by atoms with E-state index < -0.39 is 0 Å². The molecule has 0 bridgehead atoms. The van der Waals surface area contributed by atoms with Gasteiger partial charge >= 0.3 is 0 Å². The average Bonchev–Trinajstić information content (AvgIpc) is 2.47. The summed E-state index contributed by atoms with van der Waals surface area (Å²) in [5, 5.41) is 11.9. The van der Waals surface area contributed by atoms with Gasteiger partial charge in [-0.2, -0.15) is 0 Å². The van der Waals surface area contributed by atoms with Gasteiger partial charge in [0.1, 0.15) is 5.75 Å². The fourth-order valence-corrected chi connectivity index (χ4v) is 2.34. The van der Waals surface area contributed by atoms with Gasteiger partial charge in [0, 0.05) is 17.6 Å². The van der Waals surface area contributed by atoms with Crippen LogP contribution in [0.5, 0.6) is 5.75 Å². The van der Waals surface area contributed by atoms with Gasteiger partial charge in [-0.3, -0.25) is 4.79 Å². The summed E-state index contributed by atoms with van der Waals surface area (Å²) >= 11 is 3.36. The van der Waals surface area contributed by atoms with Crippen LogP contribution in [-0.4, -0.2) is 30.8 Å². The summed E-state index contributed by atoms with van der Waals surface area (Å²) in [6.45, 7) is 3.28. The molecule has 0 radical (unpaired) electrons. The molecule has 1 aromatic rings. The molecule has 0 aliphatic carbocycles. The summed E-state index contributed by atoms with van der Waals surface area (Å²) in [5.74, 6) is 1.11. The van der Waals surface area contributed by atoms with E-state index in [2.05, 4.69) is 28.2 Å². The number of carbonyl (C=O) groups excluding carboxylic acids is 1. The zero-order chi connectivity index (χ0) is 15.5. The number of halogens is 1. The van der Waals surface area contributed by atoms with Crippen molar-refractivity contribution in [2.24, 2.45) is 5.92 Å². The maximum Gasteiger partial charge on any atom is 0.223 e. The van der Waals surface area contributed by atoms with Crippen molar-refractivity contribution < 1.29 is 14.6 Å². The van der Waals surface area contributed by atoms with Gasteiger partial charge in [-0.1, -0.05) is 29.3 Å². The lowest BCUT2D eigenvalue weighted by Gasteiger charge is -2.15. The van der Waals surface area contributed by atoms with Gasteiger partial charge in [0.25, 0.3) is 0 Å². The zero-order valence-corrected chi connectivity index (χ0v) is 14.1. The van der Waals surface area contributed by atoms with Gasteiger partial charge in [-0.15, -0.1) is 0 Å². The number of nitrogens with one attached hydrogen (secondary N) is 1. The standard InChI is InChI=1S/C16H24BrNO3/c1-2-3-13(8-10-19)12-18-16(20)9-11-21-15-6-4-14(17)5-7-15/h4-7,13,19H,2-3,8-12H2,1H3,(H,18,20). The van der Waals surface area contributed by atoms with Crippen LogP contribution in [0.4, 0.5) is 0 Å². The van der Waals surface area contributed by atoms with E-state index in [1.807, 2.05) is 24.3 Å². The summed E-state index contributed by atoms with van der Waals surface area (Å²) < 4.78 is 6.51. The van der Waals surface area contributed by atoms with Crippen molar-refractivity contribution in [2.75, 3.05) is 19.8 Å². The minimum atomic E-state index is -0.00819. The summed E-state index contributed by atoms with van der Waals surface area (Å²) in [6.07, 6.45) is 3.17. The van der Waals surface area contributed by atoms with Gasteiger partial charge in [-0.25, -0.2) is 0 Å². The SMILES string of the molecule is CCCC(CCO)CNC(=O)CCOc1ccc(Br)cc1. The van der Waals surface area contributed by atoms with Gasteiger partial charge < -0.3 is 15.2 Å². The van der Waals surface area contributed by atoms with Crippen molar-refractivity contribution >= 4 is 21.8 Å². The van der Waals surface area contributed by atoms with Crippen LogP contribution in [-0.2, 0) is 4.79 Å². The van der Waals surface area contributed by atoms with Crippen molar-refractivity contribution in [3.8, 4) is 5.75 Å². The zero-order valence-electron chi connectivity index (χ0n) is 12.5. The molecule has 0 saturated heterocycles. The minimum Gasteiger partial charge on any atom is -0.493 e. The van der Waals surface area contributed by atoms with Gasteiger partial charge in [0.05, 0.1) is 13.0 Å². The van der Waals surface area contributed by atoms with Crippen molar-refractivity contribution in [3.63, 3.8) is 0 Å². The molecule has 1 aromatic carbocycles. The summed E-state index contributed by atoms with van der Waals surface area (Å²) in [5.41, 5.74) is 0. The van der Waals surface area contributed by atoms with E-state index in [1.165, 1.54) is 0 Å². The Bertz CT molecular complexity index is 402. The first-order valence-corrected chi connectivity index (χ1v) is 8.21. The van der Waals surface area contributed by atoms with E-state index in [0.29, 0.717) is 25.5 Å². The Morgan fingerprint density at radius 3 is 2.67 bits per heavy atom. The average molecular weight is 358 g/mol. The lowest BCUT2D eigenvalue weighted by molar-refractivity contribution is -0.121. The molecule has 0 saturated carbocycles. The molecule has 1 amide bonds. The molecule has 4 nitrogen and oxygen atoms in total. The fraction of sp³-hybridized carbons (Fsp3) is 0.562. The molecule has 1 unspecified atom stereocenters. The summed E-state index contributed by atoms with van der Waals surface area (Å²) in [7, 11) is 0. The first kappa shape index (κ1) is 18.0. The molecule has 0 aliphatic heterocycles. The minimum absolute atomic E-state index is 0.00819. The molecule has 1 atom stereocenters. The van der Waals surface area contributed by atoms with E-state index in [9.17, 15) is 4.79 Å². The topological polar surface area (TPSA) is 58.6 Å². The molecule has 21 heavy (non-hydrogen) atoms. The Hall–Kier alpha value is -1.07. The van der Waals surface area contributed by atoms with Crippen LogP contribution < -0.4 is 10.1 Å². The number of aliphatic hydroxyl groups is 1. The van der Waals surface area contributed by atoms with Crippen molar-refractivity contribution in [1.82, 2.24) is 5.32 Å². The second kappa shape index (κ2) is 10.6. The molecule has 0 heterocycles. The fourth-order valence-electron chi connectivity index (χ4n) is 2.08. The summed E-state index contributed by atoms with van der Waals surface area (Å²) in [6, 6.07) is 7.53. The second-order valence-corrected chi connectivity index (χ2v) is 5.94. The molecule has 5 heteroatoms. The molecule has 1 rings (SSSR count). The highest BCUT2D eigenvalue weighted by Gasteiger charge is 2.09. The van der Waals surface area contributed by atoms with Gasteiger partial charge in [-0.05, 0) is 43.0 Å². The lowest BCUT2D eigenvalue weighted by Crippen LogP contribution is -2.30. The van der Waals surface area contributed by atoms with Crippen molar-refractivity contribution in [2.45, 2.75) is 32.6 Å². The number of hydrogen-bond donors (Lipinski definition) is 2. The number of carbonyl (C=O) groups is 1. The molecule has 0 aliphatic rings. The number of benzene rings is 1. The third kappa shape index (κ3) is 8.07. The maximum absolute atomic E-state index is 11.7. The Balaban J connectivity index is 2.19. The number of hydrogen-bond acceptors (Lipinski definition) is 3. The van der Waals surface area contributed by atoms with Crippen LogP contribution in [0.15, 0.2) is 28.7 Å². The van der Waals surface area contributed by atoms with Crippen LogP contribution in [0.1, 0.15) is 32.6 Å². The summed E-state index contributed by atoms with van der Waals surface area (Å²) in [4.78, 5) is 11.7. The monoisotopic (exact) mass is 357 g/mol. The molecule has 0 spiro atoms. The first-order chi connectivity index (χ1) is 10.2. The molecular formula is C16H24BrNO3. The molecule has 0 fully saturated rings. The van der Waals surface area contributed by atoms with Gasteiger partial charge in [0.2, 0.25) is 5.91 Å². The highest BCUT2D eigenvalue weighted by atomic mass is 79.9. The van der Waals surface area contributed by atoms with Crippen LogP contribution in [0.25, 0.3) is 0 Å². The molecule has 2 N–H and O–H groups in total. The number of aliphatic hydroxyl groups excluding tert-OH is 1. The van der Waals surface area contributed by atoms with E-state index in [1.54, 1.807) is 0 Å². The maximum atomic E-state index is 11.7. The lowest BCUT2D eigenvalue weighted by atomic mass is 10.0. The molecule has 118 valence electrons. The third-order valence-corrected chi connectivity index (χ3v) is 3.76. The van der Waals surface area contributed by atoms with E-state index in [4.69, 9.17) is 9.84 Å². The highest BCUT2D eigenvalue weighted by Crippen LogP contribution is 2.16. The largest absolute Gasteiger partial charge is 0.493 e. The predicted molar refractivity (Wildman–Crippen MR) is 87.4 cm³/mol. The Kier molecular flexibility index (Phi) is 9.10.